The number of aromatic nitrogens is 2. The van der Waals surface area contributed by atoms with Crippen LogP contribution in [0.1, 0.15) is 24.8 Å². The fourth-order valence-electron chi connectivity index (χ4n) is 1.83. The molecule has 2 rings (SSSR count). The molecule has 0 aliphatic rings. The lowest BCUT2D eigenvalue weighted by molar-refractivity contribution is 0.379. The number of sulfonamides is 1. The first-order chi connectivity index (χ1) is 10.00. The topological polar surface area (TPSA) is 85.1 Å². The van der Waals surface area contributed by atoms with Gasteiger partial charge in [0.2, 0.25) is 21.7 Å². The average molecular weight is 309 g/mol. The molecule has 0 bridgehead atoms. The van der Waals surface area contributed by atoms with Gasteiger partial charge in [-0.05, 0) is 13.3 Å². The lowest BCUT2D eigenvalue weighted by Gasteiger charge is -2.02. The summed E-state index contributed by atoms with van der Waals surface area (Å²) in [7, 11) is -3.19. The van der Waals surface area contributed by atoms with E-state index in [0.29, 0.717) is 24.6 Å². The Hall–Kier alpha value is -1.73. The molecular weight excluding hydrogens is 290 g/mol. The van der Waals surface area contributed by atoms with Gasteiger partial charge < -0.3 is 4.52 Å². The van der Waals surface area contributed by atoms with Gasteiger partial charge in [-0.15, -0.1) is 0 Å². The summed E-state index contributed by atoms with van der Waals surface area (Å²) in [5, 5.41) is 3.90. The minimum atomic E-state index is -3.19. The predicted octanol–water partition coefficient (Wildman–Crippen LogP) is 1.92. The van der Waals surface area contributed by atoms with Crippen molar-refractivity contribution in [2.24, 2.45) is 0 Å². The Balaban J connectivity index is 1.93. The van der Waals surface area contributed by atoms with Crippen molar-refractivity contribution in [1.82, 2.24) is 14.9 Å². The van der Waals surface area contributed by atoms with E-state index in [-0.39, 0.29) is 12.3 Å². The molecule has 7 heteroatoms. The molecule has 0 amide bonds. The highest BCUT2D eigenvalue weighted by molar-refractivity contribution is 7.89. The number of aryl methyl sites for hydroxylation is 1. The Kier molecular flexibility index (Phi) is 5.08. The molecule has 1 aromatic heterocycles. The summed E-state index contributed by atoms with van der Waals surface area (Å²) in [6.45, 7) is 4.09. The van der Waals surface area contributed by atoms with Gasteiger partial charge in [0.15, 0.2) is 0 Å². The van der Waals surface area contributed by atoms with E-state index in [0.717, 1.165) is 11.1 Å². The van der Waals surface area contributed by atoms with E-state index in [2.05, 4.69) is 14.9 Å². The first-order valence-corrected chi connectivity index (χ1v) is 8.52. The monoisotopic (exact) mass is 309 g/mol. The lowest BCUT2D eigenvalue weighted by atomic mass is 10.1. The van der Waals surface area contributed by atoms with Crippen LogP contribution in [-0.4, -0.2) is 30.9 Å². The summed E-state index contributed by atoms with van der Waals surface area (Å²) in [6, 6.07) is 7.80. The second kappa shape index (κ2) is 6.82. The molecule has 6 nitrogen and oxygen atoms in total. The van der Waals surface area contributed by atoms with Crippen LogP contribution >= 0.6 is 0 Å². The first kappa shape index (κ1) is 15.7. The van der Waals surface area contributed by atoms with Gasteiger partial charge in [-0.2, -0.15) is 4.98 Å². The van der Waals surface area contributed by atoms with E-state index < -0.39 is 10.0 Å². The number of hydrogen-bond donors (Lipinski definition) is 1. The third kappa shape index (κ3) is 4.64. The van der Waals surface area contributed by atoms with Crippen molar-refractivity contribution in [3.63, 3.8) is 0 Å². The quantitative estimate of drug-likeness (QED) is 0.844. The van der Waals surface area contributed by atoms with Gasteiger partial charge in [-0.25, -0.2) is 13.1 Å². The second-order valence-electron chi connectivity index (χ2n) is 4.84. The van der Waals surface area contributed by atoms with Gasteiger partial charge in [0, 0.05) is 18.5 Å². The van der Waals surface area contributed by atoms with E-state index in [9.17, 15) is 8.42 Å². The number of rotatable bonds is 7. The van der Waals surface area contributed by atoms with Crippen molar-refractivity contribution in [3.8, 4) is 11.4 Å². The predicted molar refractivity (Wildman–Crippen MR) is 80.3 cm³/mol. The summed E-state index contributed by atoms with van der Waals surface area (Å²) < 4.78 is 30.6. The molecule has 0 spiro atoms. The van der Waals surface area contributed by atoms with Gasteiger partial charge in [-0.3, -0.25) is 0 Å². The maximum Gasteiger partial charge on any atom is 0.228 e. The second-order valence-corrected chi connectivity index (χ2v) is 6.77. The van der Waals surface area contributed by atoms with Crippen molar-refractivity contribution < 1.29 is 12.9 Å². The Morgan fingerprint density at radius 1 is 1.24 bits per heavy atom. The summed E-state index contributed by atoms with van der Waals surface area (Å²) in [4.78, 5) is 4.26. The zero-order valence-corrected chi connectivity index (χ0v) is 13.0. The molecule has 0 saturated heterocycles. The lowest BCUT2D eigenvalue weighted by Crippen LogP contribution is -2.28. The van der Waals surface area contributed by atoms with Crippen LogP contribution in [0, 0.1) is 6.92 Å². The highest BCUT2D eigenvalue weighted by atomic mass is 32.2. The maximum absolute atomic E-state index is 11.5. The zero-order valence-electron chi connectivity index (χ0n) is 12.2. The van der Waals surface area contributed by atoms with Crippen LogP contribution in [0.15, 0.2) is 28.8 Å². The summed E-state index contributed by atoms with van der Waals surface area (Å²) in [6.07, 6.45) is 0.968. The van der Waals surface area contributed by atoms with Crippen LogP contribution in [0.2, 0.25) is 0 Å². The third-order valence-electron chi connectivity index (χ3n) is 2.91. The molecule has 1 N–H and O–H groups in total. The Bertz CT molecular complexity index is 678. The van der Waals surface area contributed by atoms with E-state index in [1.54, 1.807) is 0 Å². The van der Waals surface area contributed by atoms with E-state index in [1.807, 2.05) is 38.1 Å². The van der Waals surface area contributed by atoms with Gasteiger partial charge in [0.05, 0.1) is 5.75 Å². The molecule has 0 saturated carbocycles. The van der Waals surface area contributed by atoms with E-state index >= 15 is 0 Å². The fraction of sp³-hybridized carbons (Fsp3) is 0.429. The van der Waals surface area contributed by atoms with Gasteiger partial charge >= 0.3 is 0 Å². The molecule has 1 heterocycles. The molecule has 0 aliphatic heterocycles. The van der Waals surface area contributed by atoms with Crippen LogP contribution in [-0.2, 0) is 16.4 Å². The molecule has 1 aromatic carbocycles. The molecule has 0 fully saturated rings. The standard InChI is InChI=1S/C14H19N3O3S/c1-3-10-21(18,19)15-9-8-13-16-14(17-20-13)12-6-4-11(2)5-7-12/h4-7,15H,3,8-10H2,1-2H3. The van der Waals surface area contributed by atoms with Crippen molar-refractivity contribution >= 4 is 10.0 Å². The third-order valence-corrected chi connectivity index (χ3v) is 4.50. The molecule has 2 aromatic rings. The molecule has 0 aliphatic carbocycles. The number of benzene rings is 1. The summed E-state index contributed by atoms with van der Waals surface area (Å²) in [5.41, 5.74) is 2.04. The van der Waals surface area contributed by atoms with Crippen LogP contribution < -0.4 is 4.72 Å². The van der Waals surface area contributed by atoms with Crippen molar-refractivity contribution in [2.45, 2.75) is 26.7 Å². The van der Waals surface area contributed by atoms with Gasteiger partial charge in [0.25, 0.3) is 0 Å². The van der Waals surface area contributed by atoms with Crippen LogP contribution in [0.25, 0.3) is 11.4 Å². The normalized spacial score (nSPS) is 11.7. The number of hydrogen-bond acceptors (Lipinski definition) is 5. The molecule has 21 heavy (non-hydrogen) atoms. The van der Waals surface area contributed by atoms with Crippen molar-refractivity contribution in [2.75, 3.05) is 12.3 Å². The number of nitrogens with zero attached hydrogens (tertiary/aromatic N) is 2. The van der Waals surface area contributed by atoms with Crippen LogP contribution in [0.3, 0.4) is 0 Å². The van der Waals surface area contributed by atoms with Gasteiger partial charge in [-0.1, -0.05) is 41.9 Å². The maximum atomic E-state index is 11.5. The SMILES string of the molecule is CCCS(=O)(=O)NCCc1nc(-c2ccc(C)cc2)no1. The summed E-state index contributed by atoms with van der Waals surface area (Å²) >= 11 is 0. The Morgan fingerprint density at radius 3 is 2.62 bits per heavy atom. The molecule has 0 atom stereocenters. The smallest absolute Gasteiger partial charge is 0.228 e. The van der Waals surface area contributed by atoms with Crippen molar-refractivity contribution in [3.05, 3.63) is 35.7 Å². The van der Waals surface area contributed by atoms with E-state index in [1.165, 1.54) is 0 Å². The minimum Gasteiger partial charge on any atom is -0.339 e. The molecular formula is C14H19N3O3S. The fourth-order valence-corrected chi connectivity index (χ4v) is 2.93. The average Bonchev–Trinajstić information content (AvgIpc) is 2.88. The summed E-state index contributed by atoms with van der Waals surface area (Å²) in [5.74, 6) is 1.07. The molecule has 114 valence electrons. The van der Waals surface area contributed by atoms with Crippen molar-refractivity contribution in [1.29, 1.82) is 0 Å². The Morgan fingerprint density at radius 2 is 1.95 bits per heavy atom. The minimum absolute atomic E-state index is 0.130. The van der Waals surface area contributed by atoms with E-state index in [4.69, 9.17) is 4.52 Å². The zero-order chi connectivity index (χ0) is 15.3. The first-order valence-electron chi connectivity index (χ1n) is 6.87. The molecule has 0 unspecified atom stereocenters. The Labute approximate surface area is 124 Å². The largest absolute Gasteiger partial charge is 0.339 e. The molecule has 0 radical (unpaired) electrons. The van der Waals surface area contributed by atoms with Crippen LogP contribution in [0.4, 0.5) is 0 Å². The van der Waals surface area contributed by atoms with Crippen LogP contribution in [0.5, 0.6) is 0 Å². The van der Waals surface area contributed by atoms with Gasteiger partial charge in [0.1, 0.15) is 0 Å². The highest BCUT2D eigenvalue weighted by Crippen LogP contribution is 2.16. The number of nitrogens with one attached hydrogen (secondary N) is 1. The highest BCUT2D eigenvalue weighted by Gasteiger charge is 2.11.